The van der Waals surface area contributed by atoms with Gasteiger partial charge in [-0.1, -0.05) is 60.7 Å². The molecule has 1 heterocycles. The summed E-state index contributed by atoms with van der Waals surface area (Å²) >= 11 is 0. The van der Waals surface area contributed by atoms with Gasteiger partial charge in [0, 0.05) is 12.0 Å². The van der Waals surface area contributed by atoms with Crippen molar-refractivity contribution in [3.05, 3.63) is 102 Å². The summed E-state index contributed by atoms with van der Waals surface area (Å²) in [5.41, 5.74) is 4.32. The van der Waals surface area contributed by atoms with Gasteiger partial charge in [0.25, 0.3) is 0 Å². The van der Waals surface area contributed by atoms with Crippen LogP contribution in [0.2, 0.25) is 0 Å². The Morgan fingerprint density at radius 2 is 1.52 bits per heavy atom. The zero-order chi connectivity index (χ0) is 18.6. The summed E-state index contributed by atoms with van der Waals surface area (Å²) in [6, 6.07) is 22.7. The predicted molar refractivity (Wildman–Crippen MR) is 105 cm³/mol. The van der Waals surface area contributed by atoms with Crippen LogP contribution in [0.5, 0.6) is 0 Å². The van der Waals surface area contributed by atoms with Gasteiger partial charge in [-0.25, -0.2) is 4.39 Å². The molecule has 0 bridgehead atoms. The average molecular weight is 360 g/mol. The van der Waals surface area contributed by atoms with Crippen LogP contribution in [0.25, 0.3) is 22.0 Å². The number of benzene rings is 3. The molecule has 0 saturated carbocycles. The van der Waals surface area contributed by atoms with Crippen molar-refractivity contribution in [1.82, 2.24) is 10.2 Å². The van der Waals surface area contributed by atoms with Gasteiger partial charge in [-0.05, 0) is 34.4 Å². The molecule has 2 nitrogen and oxygen atoms in total. The van der Waals surface area contributed by atoms with Crippen molar-refractivity contribution in [2.45, 2.75) is 6.42 Å². The van der Waals surface area contributed by atoms with Crippen LogP contribution in [0.15, 0.2) is 79.0 Å². The second-order valence-corrected chi connectivity index (χ2v) is 6.28. The maximum atomic E-state index is 15.4. The van der Waals surface area contributed by atoms with Crippen LogP contribution in [0.3, 0.4) is 0 Å². The number of nitrogens with one attached hydrogen (secondary N) is 1. The lowest BCUT2D eigenvalue weighted by Gasteiger charge is -2.17. The molecular formula is C23H18F2N2. The van der Waals surface area contributed by atoms with Crippen molar-refractivity contribution in [3.8, 4) is 0 Å². The zero-order valence-corrected chi connectivity index (χ0v) is 14.6. The van der Waals surface area contributed by atoms with Gasteiger partial charge in [0.05, 0.1) is 23.8 Å². The van der Waals surface area contributed by atoms with E-state index in [1.165, 1.54) is 6.20 Å². The lowest BCUT2D eigenvalue weighted by Crippen LogP contribution is -1.99. The normalized spacial score (nSPS) is 12.2. The Labute approximate surface area is 156 Å². The summed E-state index contributed by atoms with van der Waals surface area (Å²) in [5, 5.41) is 7.14. The number of rotatable bonds is 5. The van der Waals surface area contributed by atoms with E-state index >= 15 is 4.39 Å². The molecule has 0 atom stereocenters. The molecule has 4 rings (SSSR count). The maximum Gasteiger partial charge on any atom is 0.142 e. The number of allylic oxidation sites excluding steroid dienone is 1. The van der Waals surface area contributed by atoms with E-state index in [4.69, 9.17) is 0 Å². The fraction of sp³-hybridized carbons (Fsp3) is 0.0870. The van der Waals surface area contributed by atoms with E-state index in [0.717, 1.165) is 16.7 Å². The average Bonchev–Trinajstić information content (AvgIpc) is 3.20. The van der Waals surface area contributed by atoms with Crippen LogP contribution in [0.1, 0.15) is 23.1 Å². The number of aromatic amines is 1. The van der Waals surface area contributed by atoms with Crippen molar-refractivity contribution in [2.75, 3.05) is 6.67 Å². The molecule has 0 aliphatic heterocycles. The van der Waals surface area contributed by atoms with Gasteiger partial charge in [0.15, 0.2) is 0 Å². The largest absolute Gasteiger partial charge is 0.278 e. The molecule has 0 amide bonds. The van der Waals surface area contributed by atoms with Gasteiger partial charge in [0.2, 0.25) is 0 Å². The minimum Gasteiger partial charge on any atom is -0.278 e. The molecule has 4 aromatic rings. The molecule has 0 radical (unpaired) electrons. The zero-order valence-electron chi connectivity index (χ0n) is 14.6. The maximum absolute atomic E-state index is 15.4. The number of hydrogen-bond donors (Lipinski definition) is 1. The van der Waals surface area contributed by atoms with Gasteiger partial charge < -0.3 is 0 Å². The third kappa shape index (κ3) is 3.26. The summed E-state index contributed by atoms with van der Waals surface area (Å²) in [5.74, 6) is -0.354. The summed E-state index contributed by atoms with van der Waals surface area (Å²) in [7, 11) is 0. The van der Waals surface area contributed by atoms with Gasteiger partial charge in [-0.3, -0.25) is 9.49 Å². The summed E-state index contributed by atoms with van der Waals surface area (Å²) < 4.78 is 28.8. The minimum absolute atomic E-state index is 0.205. The Morgan fingerprint density at radius 1 is 0.852 bits per heavy atom. The van der Waals surface area contributed by atoms with Gasteiger partial charge in [0.1, 0.15) is 5.82 Å². The van der Waals surface area contributed by atoms with Crippen molar-refractivity contribution in [3.63, 3.8) is 0 Å². The fourth-order valence-corrected chi connectivity index (χ4v) is 3.42. The second-order valence-electron chi connectivity index (χ2n) is 6.28. The Balaban J connectivity index is 2.05. The lowest BCUT2D eigenvalue weighted by molar-refractivity contribution is 0.505. The van der Waals surface area contributed by atoms with Crippen LogP contribution in [-0.2, 0) is 0 Å². The fourth-order valence-electron chi connectivity index (χ4n) is 3.42. The molecule has 0 unspecified atom stereocenters. The highest BCUT2D eigenvalue weighted by molar-refractivity contribution is 6.00. The van der Waals surface area contributed by atoms with Gasteiger partial charge >= 0.3 is 0 Å². The van der Waals surface area contributed by atoms with E-state index in [1.54, 1.807) is 6.07 Å². The van der Waals surface area contributed by atoms with Crippen LogP contribution in [0, 0.1) is 5.82 Å². The summed E-state index contributed by atoms with van der Waals surface area (Å²) in [4.78, 5) is 0. The molecule has 1 N–H and O–H groups in total. The standard InChI is InChI=1S/C23H18F2N2/c24-14-13-18(16-7-3-1-4-8-16)22(17-9-5-2-6-10-17)19-11-12-21-20(23(19)25)15-26-27-21/h1-12,15H,13-14H2,(H,26,27)/b22-18+. The van der Waals surface area contributed by atoms with E-state index in [0.29, 0.717) is 22.0 Å². The Hall–Kier alpha value is -3.27. The van der Waals surface area contributed by atoms with Crippen molar-refractivity contribution < 1.29 is 8.78 Å². The molecule has 3 aromatic carbocycles. The highest BCUT2D eigenvalue weighted by atomic mass is 19.1. The first kappa shape index (κ1) is 17.2. The number of halogens is 2. The summed E-state index contributed by atoms with van der Waals surface area (Å²) in [6.45, 7) is -0.518. The van der Waals surface area contributed by atoms with Crippen LogP contribution < -0.4 is 0 Å². The molecule has 1 aromatic heterocycles. The smallest absolute Gasteiger partial charge is 0.142 e. The molecule has 0 aliphatic carbocycles. The van der Waals surface area contributed by atoms with Crippen LogP contribution in [0.4, 0.5) is 8.78 Å². The van der Waals surface area contributed by atoms with Crippen molar-refractivity contribution in [2.24, 2.45) is 0 Å². The number of H-pyrrole nitrogens is 1. The summed E-state index contributed by atoms with van der Waals surface area (Å²) in [6.07, 6.45) is 1.69. The molecule has 0 aliphatic rings. The topological polar surface area (TPSA) is 28.7 Å². The number of nitrogens with zero attached hydrogens (tertiary/aromatic N) is 1. The van der Waals surface area contributed by atoms with E-state index < -0.39 is 6.67 Å². The molecular weight excluding hydrogens is 342 g/mol. The lowest BCUT2D eigenvalue weighted by atomic mass is 9.87. The first-order chi connectivity index (χ1) is 13.3. The predicted octanol–water partition coefficient (Wildman–Crippen LogP) is 6.02. The van der Waals surface area contributed by atoms with Crippen molar-refractivity contribution in [1.29, 1.82) is 0 Å². The van der Waals surface area contributed by atoms with Crippen LogP contribution >= 0.6 is 0 Å². The van der Waals surface area contributed by atoms with E-state index in [-0.39, 0.29) is 12.2 Å². The quantitative estimate of drug-likeness (QED) is 0.433. The Morgan fingerprint density at radius 3 is 2.19 bits per heavy atom. The monoisotopic (exact) mass is 360 g/mol. The van der Waals surface area contributed by atoms with Crippen LogP contribution in [-0.4, -0.2) is 16.9 Å². The van der Waals surface area contributed by atoms with E-state index in [2.05, 4.69) is 10.2 Å². The van der Waals surface area contributed by atoms with E-state index in [9.17, 15) is 4.39 Å². The third-order valence-electron chi connectivity index (χ3n) is 4.66. The minimum atomic E-state index is -0.518. The highest BCUT2D eigenvalue weighted by Crippen LogP contribution is 2.37. The second kappa shape index (κ2) is 7.54. The SMILES string of the molecule is FCC/C(=C(/c1ccccc1)c1ccc2[nH]ncc2c1F)c1ccccc1. The van der Waals surface area contributed by atoms with Gasteiger partial charge in [-0.15, -0.1) is 0 Å². The number of fused-ring (bicyclic) bond motifs is 1. The Kier molecular flexibility index (Phi) is 4.79. The van der Waals surface area contributed by atoms with Gasteiger partial charge in [-0.2, -0.15) is 5.10 Å². The number of aromatic nitrogens is 2. The third-order valence-corrected chi connectivity index (χ3v) is 4.66. The molecule has 4 heteroatoms. The Bertz CT molecular complexity index is 1080. The number of hydrogen-bond acceptors (Lipinski definition) is 1. The highest BCUT2D eigenvalue weighted by Gasteiger charge is 2.19. The van der Waals surface area contributed by atoms with Crippen molar-refractivity contribution >= 4 is 22.0 Å². The van der Waals surface area contributed by atoms with E-state index in [1.807, 2.05) is 66.7 Å². The molecule has 0 fully saturated rings. The molecule has 0 saturated heterocycles. The first-order valence-electron chi connectivity index (χ1n) is 8.81. The molecule has 0 spiro atoms. The first-order valence-corrected chi connectivity index (χ1v) is 8.81. The molecule has 134 valence electrons. The number of alkyl halides is 1. The molecule has 27 heavy (non-hydrogen) atoms.